The zero-order chi connectivity index (χ0) is 9.14. The Morgan fingerprint density at radius 1 is 1.50 bits per heavy atom. The first kappa shape index (κ1) is 9.52. The van der Waals surface area contributed by atoms with Crippen molar-refractivity contribution in [2.45, 2.75) is 38.8 Å². The van der Waals surface area contributed by atoms with Gasteiger partial charge in [0.05, 0.1) is 0 Å². The number of carbonyl (C=O) groups is 1. The molecule has 3 nitrogen and oxygen atoms in total. The summed E-state index contributed by atoms with van der Waals surface area (Å²) in [5.74, 6) is 0.244. The number of aliphatic hydroxyl groups excluding tert-OH is 1. The summed E-state index contributed by atoms with van der Waals surface area (Å²) in [6.45, 7) is 1.48. The van der Waals surface area contributed by atoms with Gasteiger partial charge in [-0.05, 0) is 12.8 Å². The van der Waals surface area contributed by atoms with Gasteiger partial charge in [0.2, 0.25) is 5.91 Å². The molecular formula is C9H17NO2. The van der Waals surface area contributed by atoms with Crippen LogP contribution in [0.25, 0.3) is 0 Å². The number of hydrogen-bond acceptors (Lipinski definition) is 2. The molecule has 1 saturated carbocycles. The van der Waals surface area contributed by atoms with Crippen LogP contribution in [0.15, 0.2) is 0 Å². The van der Waals surface area contributed by atoms with Crippen LogP contribution in [0.3, 0.4) is 0 Å². The van der Waals surface area contributed by atoms with Gasteiger partial charge >= 0.3 is 0 Å². The van der Waals surface area contributed by atoms with Crippen LogP contribution >= 0.6 is 0 Å². The molecule has 0 aromatic rings. The van der Waals surface area contributed by atoms with E-state index >= 15 is 0 Å². The van der Waals surface area contributed by atoms with Crippen molar-refractivity contribution < 1.29 is 9.90 Å². The van der Waals surface area contributed by atoms with Crippen molar-refractivity contribution in [1.82, 2.24) is 4.90 Å². The standard InChI is InChI=1S/C9H17NO2/c1-7(11)10(2)9(12)8-5-3-4-6-8/h8-9,12H,3-6H2,1-2H3. The molecule has 1 unspecified atom stereocenters. The van der Waals surface area contributed by atoms with Gasteiger partial charge in [-0.3, -0.25) is 4.79 Å². The molecular weight excluding hydrogens is 154 g/mol. The molecule has 0 bridgehead atoms. The maximum absolute atomic E-state index is 10.9. The number of amides is 1. The van der Waals surface area contributed by atoms with Gasteiger partial charge in [0.25, 0.3) is 0 Å². The number of hydrogen-bond donors (Lipinski definition) is 1. The Morgan fingerprint density at radius 3 is 2.42 bits per heavy atom. The molecule has 0 radical (unpaired) electrons. The predicted molar refractivity (Wildman–Crippen MR) is 46.4 cm³/mol. The lowest BCUT2D eigenvalue weighted by molar-refractivity contribution is -0.139. The van der Waals surface area contributed by atoms with E-state index in [0.717, 1.165) is 12.8 Å². The Labute approximate surface area is 73.4 Å². The molecule has 0 heterocycles. The van der Waals surface area contributed by atoms with E-state index in [1.165, 1.54) is 24.7 Å². The van der Waals surface area contributed by atoms with E-state index in [-0.39, 0.29) is 5.91 Å². The molecule has 1 aliphatic carbocycles. The summed E-state index contributed by atoms with van der Waals surface area (Å²) in [6, 6.07) is 0. The van der Waals surface area contributed by atoms with E-state index in [1.807, 2.05) is 0 Å². The van der Waals surface area contributed by atoms with Crippen LogP contribution < -0.4 is 0 Å². The van der Waals surface area contributed by atoms with Gasteiger partial charge < -0.3 is 10.0 Å². The molecule has 70 valence electrons. The molecule has 0 aliphatic heterocycles. The van der Waals surface area contributed by atoms with Crippen molar-refractivity contribution in [3.05, 3.63) is 0 Å². The van der Waals surface area contributed by atoms with Gasteiger partial charge in [0, 0.05) is 19.9 Å². The Morgan fingerprint density at radius 2 is 2.00 bits per heavy atom. The molecule has 12 heavy (non-hydrogen) atoms. The van der Waals surface area contributed by atoms with E-state index in [0.29, 0.717) is 5.92 Å². The van der Waals surface area contributed by atoms with E-state index in [9.17, 15) is 9.90 Å². The van der Waals surface area contributed by atoms with Crippen LogP contribution in [0.5, 0.6) is 0 Å². The molecule has 0 spiro atoms. The summed E-state index contributed by atoms with van der Waals surface area (Å²) in [4.78, 5) is 12.3. The molecule has 1 aliphatic rings. The van der Waals surface area contributed by atoms with Crippen LogP contribution in [0, 0.1) is 5.92 Å². The third kappa shape index (κ3) is 1.97. The number of carbonyl (C=O) groups excluding carboxylic acids is 1. The number of rotatable bonds is 2. The minimum Gasteiger partial charge on any atom is -0.373 e. The second kappa shape index (κ2) is 3.90. The van der Waals surface area contributed by atoms with E-state index in [2.05, 4.69) is 0 Å². The molecule has 1 amide bonds. The molecule has 1 fully saturated rings. The molecule has 0 aromatic carbocycles. The minimum atomic E-state index is -0.565. The van der Waals surface area contributed by atoms with Gasteiger partial charge in [0.15, 0.2) is 0 Å². The SMILES string of the molecule is CC(=O)N(C)C(O)C1CCCC1. The highest BCUT2D eigenvalue weighted by atomic mass is 16.3. The highest BCUT2D eigenvalue weighted by Gasteiger charge is 2.27. The van der Waals surface area contributed by atoms with E-state index in [1.54, 1.807) is 7.05 Å². The first-order valence-corrected chi connectivity index (χ1v) is 4.54. The lowest BCUT2D eigenvalue weighted by Gasteiger charge is -2.27. The average molecular weight is 171 g/mol. The topological polar surface area (TPSA) is 40.5 Å². The Kier molecular flexibility index (Phi) is 3.09. The van der Waals surface area contributed by atoms with Gasteiger partial charge in [-0.15, -0.1) is 0 Å². The van der Waals surface area contributed by atoms with Crippen LogP contribution in [0.4, 0.5) is 0 Å². The Bertz CT molecular complexity index is 164. The number of aliphatic hydroxyl groups is 1. The fourth-order valence-electron chi connectivity index (χ4n) is 1.76. The second-order valence-electron chi connectivity index (χ2n) is 3.59. The van der Waals surface area contributed by atoms with Crippen molar-refractivity contribution in [3.8, 4) is 0 Å². The average Bonchev–Trinajstić information content (AvgIpc) is 2.53. The van der Waals surface area contributed by atoms with Crippen LogP contribution in [0.2, 0.25) is 0 Å². The highest BCUT2D eigenvalue weighted by Crippen LogP contribution is 2.28. The van der Waals surface area contributed by atoms with Gasteiger partial charge in [-0.25, -0.2) is 0 Å². The van der Waals surface area contributed by atoms with Crippen LogP contribution in [-0.2, 0) is 4.79 Å². The maximum atomic E-state index is 10.9. The van der Waals surface area contributed by atoms with Gasteiger partial charge in [-0.2, -0.15) is 0 Å². The quantitative estimate of drug-likeness (QED) is 0.629. The molecule has 1 N–H and O–H groups in total. The summed E-state index contributed by atoms with van der Waals surface area (Å²) >= 11 is 0. The Hall–Kier alpha value is -0.570. The first-order valence-electron chi connectivity index (χ1n) is 4.54. The summed E-state index contributed by atoms with van der Waals surface area (Å²) in [7, 11) is 1.66. The maximum Gasteiger partial charge on any atom is 0.221 e. The summed E-state index contributed by atoms with van der Waals surface area (Å²) in [5.41, 5.74) is 0. The second-order valence-corrected chi connectivity index (χ2v) is 3.59. The van der Waals surface area contributed by atoms with E-state index in [4.69, 9.17) is 0 Å². The summed E-state index contributed by atoms with van der Waals surface area (Å²) < 4.78 is 0. The Balaban J connectivity index is 2.44. The first-order chi connectivity index (χ1) is 5.63. The number of nitrogens with zero attached hydrogens (tertiary/aromatic N) is 1. The monoisotopic (exact) mass is 171 g/mol. The predicted octanol–water partition coefficient (Wildman–Crippen LogP) is 0.973. The summed E-state index contributed by atoms with van der Waals surface area (Å²) in [6.07, 6.45) is 3.92. The zero-order valence-corrected chi connectivity index (χ0v) is 7.79. The van der Waals surface area contributed by atoms with Crippen molar-refractivity contribution >= 4 is 5.91 Å². The third-order valence-electron chi connectivity index (χ3n) is 2.71. The molecule has 0 saturated heterocycles. The van der Waals surface area contributed by atoms with Crippen LogP contribution in [0.1, 0.15) is 32.6 Å². The summed E-state index contributed by atoms with van der Waals surface area (Å²) in [5, 5.41) is 9.69. The molecule has 1 atom stereocenters. The zero-order valence-electron chi connectivity index (χ0n) is 7.79. The minimum absolute atomic E-state index is 0.0607. The highest BCUT2D eigenvalue weighted by molar-refractivity contribution is 5.73. The largest absolute Gasteiger partial charge is 0.373 e. The third-order valence-corrected chi connectivity index (χ3v) is 2.71. The fourth-order valence-corrected chi connectivity index (χ4v) is 1.76. The van der Waals surface area contributed by atoms with E-state index < -0.39 is 6.23 Å². The van der Waals surface area contributed by atoms with Crippen molar-refractivity contribution in [3.63, 3.8) is 0 Å². The van der Waals surface area contributed by atoms with Gasteiger partial charge in [-0.1, -0.05) is 12.8 Å². The smallest absolute Gasteiger partial charge is 0.221 e. The lowest BCUT2D eigenvalue weighted by Crippen LogP contribution is -2.39. The molecule has 0 aromatic heterocycles. The molecule has 3 heteroatoms. The van der Waals surface area contributed by atoms with Crippen molar-refractivity contribution in [2.24, 2.45) is 5.92 Å². The fraction of sp³-hybridized carbons (Fsp3) is 0.889. The lowest BCUT2D eigenvalue weighted by atomic mass is 10.1. The normalized spacial score (nSPS) is 20.9. The molecule has 1 rings (SSSR count). The van der Waals surface area contributed by atoms with Crippen molar-refractivity contribution in [2.75, 3.05) is 7.05 Å². The van der Waals surface area contributed by atoms with Crippen LogP contribution in [-0.4, -0.2) is 29.2 Å². The van der Waals surface area contributed by atoms with Crippen molar-refractivity contribution in [1.29, 1.82) is 0 Å². The van der Waals surface area contributed by atoms with Gasteiger partial charge in [0.1, 0.15) is 6.23 Å².